The molecule has 0 N–H and O–H groups in total. The SMILES string of the molecule is COCCCN1C(=O)N(Cc2ccccn2)C(=O)C12CCN(Cc1cnn(C)c1)CC2. The van der Waals surface area contributed by atoms with Gasteiger partial charge < -0.3 is 9.64 Å². The monoisotopic (exact) mass is 426 g/mol. The van der Waals surface area contributed by atoms with Gasteiger partial charge in [0, 0.05) is 64.9 Å². The van der Waals surface area contributed by atoms with Gasteiger partial charge in [0.1, 0.15) is 5.54 Å². The van der Waals surface area contributed by atoms with Crippen LogP contribution >= 0.6 is 0 Å². The van der Waals surface area contributed by atoms with Gasteiger partial charge in [0.2, 0.25) is 0 Å². The van der Waals surface area contributed by atoms with Gasteiger partial charge in [0.05, 0.1) is 18.4 Å². The Labute approximate surface area is 182 Å². The number of likely N-dealkylation sites (tertiary alicyclic amines) is 1. The number of urea groups is 1. The lowest BCUT2D eigenvalue weighted by Crippen LogP contribution is -2.56. The van der Waals surface area contributed by atoms with Crippen molar-refractivity contribution in [3.8, 4) is 0 Å². The molecular formula is C22H30N6O3. The first-order chi connectivity index (χ1) is 15.0. The van der Waals surface area contributed by atoms with E-state index in [4.69, 9.17) is 4.74 Å². The van der Waals surface area contributed by atoms with Gasteiger partial charge in [-0.3, -0.25) is 24.3 Å². The second-order valence-electron chi connectivity index (χ2n) is 8.32. The van der Waals surface area contributed by atoms with E-state index >= 15 is 0 Å². The number of hydrogen-bond donors (Lipinski definition) is 0. The Hall–Kier alpha value is -2.78. The molecule has 0 atom stereocenters. The maximum atomic E-state index is 13.6. The van der Waals surface area contributed by atoms with Crippen LogP contribution < -0.4 is 0 Å². The zero-order valence-electron chi connectivity index (χ0n) is 18.2. The molecule has 2 aromatic rings. The summed E-state index contributed by atoms with van der Waals surface area (Å²) >= 11 is 0. The number of aromatic nitrogens is 3. The Morgan fingerprint density at radius 1 is 1.16 bits per heavy atom. The molecule has 2 fully saturated rings. The fraction of sp³-hybridized carbons (Fsp3) is 0.545. The van der Waals surface area contributed by atoms with Crippen LogP contribution in [0.5, 0.6) is 0 Å². The fourth-order valence-corrected chi connectivity index (χ4v) is 4.63. The van der Waals surface area contributed by atoms with Crippen molar-refractivity contribution in [2.24, 2.45) is 7.05 Å². The molecule has 2 aliphatic heterocycles. The van der Waals surface area contributed by atoms with Gasteiger partial charge in [-0.15, -0.1) is 0 Å². The highest BCUT2D eigenvalue weighted by Crippen LogP contribution is 2.38. The third-order valence-electron chi connectivity index (χ3n) is 6.25. The summed E-state index contributed by atoms with van der Waals surface area (Å²) in [5.41, 5.74) is 1.10. The van der Waals surface area contributed by atoms with Crippen LogP contribution in [0.25, 0.3) is 0 Å². The number of carbonyl (C=O) groups is 2. The van der Waals surface area contributed by atoms with E-state index in [2.05, 4.69) is 15.0 Å². The number of pyridine rings is 1. The van der Waals surface area contributed by atoms with Gasteiger partial charge in [-0.2, -0.15) is 5.10 Å². The zero-order chi connectivity index (χ0) is 21.8. The van der Waals surface area contributed by atoms with Crippen LogP contribution in [-0.4, -0.2) is 80.3 Å². The average Bonchev–Trinajstić information content (AvgIpc) is 3.27. The first-order valence-electron chi connectivity index (χ1n) is 10.8. The Bertz CT molecular complexity index is 907. The van der Waals surface area contributed by atoms with E-state index in [9.17, 15) is 9.59 Å². The lowest BCUT2D eigenvalue weighted by atomic mass is 9.85. The topological polar surface area (TPSA) is 83.8 Å². The van der Waals surface area contributed by atoms with Crippen LogP contribution in [0.2, 0.25) is 0 Å². The van der Waals surface area contributed by atoms with Crippen LogP contribution in [0, 0.1) is 0 Å². The van der Waals surface area contributed by atoms with Crippen molar-refractivity contribution < 1.29 is 14.3 Å². The minimum absolute atomic E-state index is 0.0957. The number of piperidine rings is 1. The highest BCUT2D eigenvalue weighted by Gasteiger charge is 2.57. The van der Waals surface area contributed by atoms with Crippen molar-refractivity contribution in [2.75, 3.05) is 33.4 Å². The first-order valence-corrected chi connectivity index (χ1v) is 10.8. The summed E-state index contributed by atoms with van der Waals surface area (Å²) in [6.45, 7) is 3.59. The maximum absolute atomic E-state index is 13.6. The largest absolute Gasteiger partial charge is 0.385 e. The summed E-state index contributed by atoms with van der Waals surface area (Å²) in [5.74, 6) is -0.0957. The quantitative estimate of drug-likeness (QED) is 0.472. The predicted octanol–water partition coefficient (Wildman–Crippen LogP) is 1.65. The van der Waals surface area contributed by atoms with Crippen LogP contribution in [0.4, 0.5) is 4.79 Å². The molecule has 31 heavy (non-hydrogen) atoms. The molecular weight excluding hydrogens is 396 g/mol. The molecule has 0 aliphatic carbocycles. The van der Waals surface area contributed by atoms with Crippen molar-refractivity contribution in [1.29, 1.82) is 0 Å². The number of rotatable bonds is 8. The predicted molar refractivity (Wildman–Crippen MR) is 114 cm³/mol. The highest BCUT2D eigenvalue weighted by atomic mass is 16.5. The van der Waals surface area contributed by atoms with Crippen molar-refractivity contribution in [3.05, 3.63) is 48.0 Å². The van der Waals surface area contributed by atoms with E-state index in [-0.39, 0.29) is 18.5 Å². The summed E-state index contributed by atoms with van der Waals surface area (Å²) in [5, 5.41) is 4.24. The molecule has 2 saturated heterocycles. The molecule has 0 aromatic carbocycles. The lowest BCUT2D eigenvalue weighted by Gasteiger charge is -2.42. The molecule has 2 aliphatic rings. The normalized spacial score (nSPS) is 19.0. The molecule has 0 radical (unpaired) electrons. The van der Waals surface area contributed by atoms with E-state index in [1.54, 1.807) is 22.9 Å². The molecule has 4 heterocycles. The maximum Gasteiger partial charge on any atom is 0.328 e. The second-order valence-corrected chi connectivity index (χ2v) is 8.32. The molecule has 1 spiro atoms. The number of aryl methyl sites for hydroxylation is 1. The first kappa shape index (κ1) is 21.5. The molecule has 0 bridgehead atoms. The van der Waals surface area contributed by atoms with E-state index < -0.39 is 5.54 Å². The van der Waals surface area contributed by atoms with Crippen LogP contribution in [0.3, 0.4) is 0 Å². The van der Waals surface area contributed by atoms with E-state index in [1.165, 1.54) is 4.90 Å². The Kier molecular flexibility index (Phi) is 6.33. The minimum atomic E-state index is -0.773. The summed E-state index contributed by atoms with van der Waals surface area (Å²) in [6, 6.07) is 5.33. The molecule has 0 saturated carbocycles. The molecule has 4 rings (SSSR count). The number of amides is 3. The third-order valence-corrected chi connectivity index (χ3v) is 6.25. The van der Waals surface area contributed by atoms with Crippen molar-refractivity contribution >= 4 is 11.9 Å². The number of nitrogens with zero attached hydrogens (tertiary/aromatic N) is 6. The summed E-state index contributed by atoms with van der Waals surface area (Å²) in [7, 11) is 3.56. The third kappa shape index (κ3) is 4.33. The molecule has 9 nitrogen and oxygen atoms in total. The van der Waals surface area contributed by atoms with Crippen molar-refractivity contribution in [1.82, 2.24) is 29.5 Å². The van der Waals surface area contributed by atoms with Crippen LogP contribution in [-0.2, 0) is 29.7 Å². The summed E-state index contributed by atoms with van der Waals surface area (Å²) < 4.78 is 6.98. The van der Waals surface area contributed by atoms with Crippen molar-refractivity contribution in [3.63, 3.8) is 0 Å². The molecule has 3 amide bonds. The Morgan fingerprint density at radius 2 is 1.97 bits per heavy atom. The van der Waals surface area contributed by atoms with Crippen molar-refractivity contribution in [2.45, 2.75) is 37.9 Å². The molecule has 2 aromatic heterocycles. The standard InChI is InChI=1S/C22H30N6O3/c1-25-15-18(14-24-25)16-26-11-7-22(8-12-26)20(29)27(17-19-6-3-4-9-23-19)21(30)28(22)10-5-13-31-2/h3-4,6,9,14-15H,5,7-8,10-13,16-17H2,1-2H3. The Morgan fingerprint density at radius 3 is 2.61 bits per heavy atom. The van der Waals surface area contributed by atoms with Gasteiger partial charge >= 0.3 is 6.03 Å². The number of imide groups is 1. The van der Waals surface area contributed by atoms with E-state index in [1.807, 2.05) is 37.6 Å². The Balaban J connectivity index is 1.50. The highest BCUT2D eigenvalue weighted by molar-refractivity contribution is 6.07. The molecule has 166 valence electrons. The van der Waals surface area contributed by atoms with Gasteiger partial charge in [0.15, 0.2) is 0 Å². The second kappa shape index (κ2) is 9.15. The fourth-order valence-electron chi connectivity index (χ4n) is 4.63. The summed E-state index contributed by atoms with van der Waals surface area (Å²) in [6.07, 6.45) is 7.53. The van der Waals surface area contributed by atoms with Gasteiger partial charge in [-0.25, -0.2) is 4.79 Å². The van der Waals surface area contributed by atoms with Gasteiger partial charge in [0.25, 0.3) is 5.91 Å². The average molecular weight is 427 g/mol. The number of ether oxygens (including phenoxy) is 1. The lowest BCUT2D eigenvalue weighted by molar-refractivity contribution is -0.136. The van der Waals surface area contributed by atoms with Crippen LogP contribution in [0.15, 0.2) is 36.8 Å². The molecule has 9 heteroatoms. The zero-order valence-corrected chi connectivity index (χ0v) is 18.2. The van der Waals surface area contributed by atoms with Gasteiger partial charge in [-0.05, 0) is 31.4 Å². The number of carbonyl (C=O) groups excluding carboxylic acids is 2. The number of hydrogen-bond acceptors (Lipinski definition) is 6. The van der Waals surface area contributed by atoms with E-state index in [0.717, 1.165) is 25.2 Å². The van der Waals surface area contributed by atoms with E-state index in [0.29, 0.717) is 38.1 Å². The molecule has 0 unspecified atom stereocenters. The smallest absolute Gasteiger partial charge is 0.328 e. The van der Waals surface area contributed by atoms with Crippen LogP contribution in [0.1, 0.15) is 30.5 Å². The number of methoxy groups -OCH3 is 1. The minimum Gasteiger partial charge on any atom is -0.385 e. The van der Waals surface area contributed by atoms with Gasteiger partial charge in [-0.1, -0.05) is 6.07 Å². The summed E-state index contributed by atoms with van der Waals surface area (Å²) in [4.78, 5) is 36.7.